The predicted molar refractivity (Wildman–Crippen MR) is 83.4 cm³/mol. The summed E-state index contributed by atoms with van der Waals surface area (Å²) in [6, 6.07) is 8.66. The molecule has 1 N–H and O–H groups in total. The highest BCUT2D eigenvalue weighted by atomic mass is 16.5. The lowest BCUT2D eigenvalue weighted by atomic mass is 10.1. The molecule has 122 valence electrons. The van der Waals surface area contributed by atoms with Crippen molar-refractivity contribution in [3.63, 3.8) is 0 Å². The van der Waals surface area contributed by atoms with E-state index in [1.165, 1.54) is 11.0 Å². The van der Waals surface area contributed by atoms with Gasteiger partial charge in [-0.3, -0.25) is 4.79 Å². The SMILES string of the molecule is COCc1ccccc1C(=O)N(C)Cc1cc(C(=O)O)c(C)o1. The predicted octanol–water partition coefficient (Wildman–Crippen LogP) is 2.70. The monoisotopic (exact) mass is 317 g/mol. The van der Waals surface area contributed by atoms with Crippen LogP contribution >= 0.6 is 0 Å². The molecule has 0 fully saturated rings. The van der Waals surface area contributed by atoms with Gasteiger partial charge in [-0.1, -0.05) is 18.2 Å². The number of ether oxygens (including phenoxy) is 1. The van der Waals surface area contributed by atoms with Crippen molar-refractivity contribution in [3.05, 3.63) is 58.5 Å². The van der Waals surface area contributed by atoms with Crippen LogP contribution in [0.5, 0.6) is 0 Å². The average Bonchev–Trinajstić information content (AvgIpc) is 2.88. The largest absolute Gasteiger partial charge is 0.478 e. The maximum absolute atomic E-state index is 12.6. The summed E-state index contributed by atoms with van der Waals surface area (Å²) in [5, 5.41) is 9.04. The third-order valence-corrected chi connectivity index (χ3v) is 3.49. The number of furan rings is 1. The third kappa shape index (κ3) is 3.78. The van der Waals surface area contributed by atoms with Gasteiger partial charge >= 0.3 is 5.97 Å². The second-order valence-electron chi connectivity index (χ2n) is 5.24. The number of amides is 1. The molecule has 0 saturated heterocycles. The zero-order valence-corrected chi connectivity index (χ0v) is 13.3. The molecule has 6 nitrogen and oxygen atoms in total. The maximum atomic E-state index is 12.6. The highest BCUT2D eigenvalue weighted by molar-refractivity contribution is 5.95. The fourth-order valence-electron chi connectivity index (χ4n) is 2.36. The smallest absolute Gasteiger partial charge is 0.339 e. The molecule has 0 aliphatic heterocycles. The number of methoxy groups -OCH3 is 1. The van der Waals surface area contributed by atoms with Gasteiger partial charge in [0.05, 0.1) is 13.2 Å². The number of carbonyl (C=O) groups excluding carboxylic acids is 1. The molecule has 1 aromatic heterocycles. The van der Waals surface area contributed by atoms with Gasteiger partial charge in [0, 0.05) is 19.7 Å². The van der Waals surface area contributed by atoms with Crippen LogP contribution in [-0.2, 0) is 17.9 Å². The molecule has 6 heteroatoms. The van der Waals surface area contributed by atoms with Gasteiger partial charge in [0.1, 0.15) is 17.1 Å². The number of rotatable bonds is 6. The number of carbonyl (C=O) groups is 2. The molecule has 23 heavy (non-hydrogen) atoms. The first-order valence-corrected chi connectivity index (χ1v) is 7.09. The van der Waals surface area contributed by atoms with Crippen LogP contribution in [0.1, 0.15) is 37.8 Å². The van der Waals surface area contributed by atoms with Gasteiger partial charge in [0.2, 0.25) is 0 Å². The number of benzene rings is 1. The minimum Gasteiger partial charge on any atom is -0.478 e. The summed E-state index contributed by atoms with van der Waals surface area (Å²) in [5.41, 5.74) is 1.47. The number of hydrogen-bond donors (Lipinski definition) is 1. The first-order chi connectivity index (χ1) is 10.9. The van der Waals surface area contributed by atoms with Crippen molar-refractivity contribution >= 4 is 11.9 Å². The quantitative estimate of drug-likeness (QED) is 0.886. The van der Waals surface area contributed by atoms with Crippen LogP contribution in [0, 0.1) is 6.92 Å². The van der Waals surface area contributed by atoms with E-state index >= 15 is 0 Å². The molecular weight excluding hydrogens is 298 g/mol. The number of carboxylic acids is 1. The summed E-state index contributed by atoms with van der Waals surface area (Å²) in [6.45, 7) is 2.12. The number of aryl methyl sites for hydroxylation is 1. The molecule has 0 radical (unpaired) electrons. The Morgan fingerprint density at radius 2 is 1.96 bits per heavy atom. The van der Waals surface area contributed by atoms with Crippen molar-refractivity contribution in [2.75, 3.05) is 14.2 Å². The Bertz CT molecular complexity index is 720. The van der Waals surface area contributed by atoms with Crippen molar-refractivity contribution in [3.8, 4) is 0 Å². The Balaban J connectivity index is 2.17. The first kappa shape index (κ1) is 16.8. The lowest BCUT2D eigenvalue weighted by Gasteiger charge is -2.17. The minimum atomic E-state index is -1.04. The fraction of sp³-hybridized carbons (Fsp3) is 0.294. The zero-order chi connectivity index (χ0) is 17.0. The Labute approximate surface area is 134 Å². The van der Waals surface area contributed by atoms with E-state index < -0.39 is 5.97 Å². The lowest BCUT2D eigenvalue weighted by molar-refractivity contribution is 0.0694. The van der Waals surface area contributed by atoms with E-state index in [1.54, 1.807) is 33.2 Å². The zero-order valence-electron chi connectivity index (χ0n) is 13.3. The van der Waals surface area contributed by atoms with E-state index in [2.05, 4.69) is 0 Å². The van der Waals surface area contributed by atoms with Gasteiger partial charge in [-0.15, -0.1) is 0 Å². The number of nitrogens with zero attached hydrogens (tertiary/aromatic N) is 1. The molecule has 0 aliphatic carbocycles. The molecule has 0 atom stereocenters. The summed E-state index contributed by atoms with van der Waals surface area (Å²) in [5.74, 6) is -0.464. The topological polar surface area (TPSA) is 80.0 Å². The van der Waals surface area contributed by atoms with Crippen LogP contribution in [0.4, 0.5) is 0 Å². The van der Waals surface area contributed by atoms with Crippen molar-refractivity contribution in [1.29, 1.82) is 0 Å². The summed E-state index contributed by atoms with van der Waals surface area (Å²) in [6.07, 6.45) is 0. The number of aromatic carboxylic acids is 1. The summed E-state index contributed by atoms with van der Waals surface area (Å²) in [4.78, 5) is 25.1. The molecule has 2 rings (SSSR count). The standard InChI is InChI=1S/C17H19NO5/c1-11-15(17(20)21)8-13(23-11)9-18(2)16(19)14-7-5-4-6-12(14)10-22-3/h4-8H,9-10H2,1-3H3,(H,20,21). The van der Waals surface area contributed by atoms with Crippen LogP contribution in [0.15, 0.2) is 34.7 Å². The van der Waals surface area contributed by atoms with E-state index in [0.29, 0.717) is 23.7 Å². The molecule has 0 saturated carbocycles. The third-order valence-electron chi connectivity index (χ3n) is 3.49. The summed E-state index contributed by atoms with van der Waals surface area (Å²) < 4.78 is 10.5. The molecule has 1 heterocycles. The highest BCUT2D eigenvalue weighted by Crippen LogP contribution is 2.18. The van der Waals surface area contributed by atoms with E-state index in [1.807, 2.05) is 12.1 Å². The van der Waals surface area contributed by atoms with Gasteiger partial charge in [-0.05, 0) is 24.6 Å². The Morgan fingerprint density at radius 1 is 1.26 bits per heavy atom. The van der Waals surface area contributed by atoms with Gasteiger partial charge in [0.25, 0.3) is 5.91 Å². The van der Waals surface area contributed by atoms with E-state index in [9.17, 15) is 9.59 Å². The molecule has 1 aromatic carbocycles. The molecule has 0 unspecified atom stereocenters. The van der Waals surface area contributed by atoms with Crippen LogP contribution in [-0.4, -0.2) is 36.0 Å². The van der Waals surface area contributed by atoms with Gasteiger partial charge in [0.15, 0.2) is 0 Å². The Hall–Kier alpha value is -2.60. The van der Waals surface area contributed by atoms with Gasteiger partial charge in [-0.25, -0.2) is 4.79 Å². The molecular formula is C17H19NO5. The first-order valence-electron chi connectivity index (χ1n) is 7.09. The van der Waals surface area contributed by atoms with Crippen LogP contribution in [0.25, 0.3) is 0 Å². The van der Waals surface area contributed by atoms with Crippen LogP contribution in [0.2, 0.25) is 0 Å². The normalized spacial score (nSPS) is 10.6. The van der Waals surface area contributed by atoms with Crippen LogP contribution < -0.4 is 0 Å². The van der Waals surface area contributed by atoms with Crippen molar-refractivity contribution in [2.24, 2.45) is 0 Å². The average molecular weight is 317 g/mol. The van der Waals surface area contributed by atoms with E-state index in [-0.39, 0.29) is 18.0 Å². The molecule has 1 amide bonds. The second-order valence-corrected chi connectivity index (χ2v) is 5.24. The Kier molecular flexibility index (Phi) is 5.18. The minimum absolute atomic E-state index is 0.112. The van der Waals surface area contributed by atoms with E-state index in [4.69, 9.17) is 14.3 Å². The molecule has 0 spiro atoms. The summed E-state index contributed by atoms with van der Waals surface area (Å²) in [7, 11) is 3.22. The van der Waals surface area contributed by atoms with Crippen molar-refractivity contribution in [1.82, 2.24) is 4.90 Å². The number of carboxylic acid groups (broad SMARTS) is 1. The fourth-order valence-corrected chi connectivity index (χ4v) is 2.36. The molecule has 2 aromatic rings. The highest BCUT2D eigenvalue weighted by Gasteiger charge is 2.19. The van der Waals surface area contributed by atoms with Crippen LogP contribution in [0.3, 0.4) is 0 Å². The van der Waals surface area contributed by atoms with E-state index in [0.717, 1.165) is 5.56 Å². The molecule has 0 bridgehead atoms. The van der Waals surface area contributed by atoms with Crippen molar-refractivity contribution < 1.29 is 23.8 Å². The summed E-state index contributed by atoms with van der Waals surface area (Å²) >= 11 is 0. The maximum Gasteiger partial charge on any atom is 0.339 e. The Morgan fingerprint density at radius 3 is 2.57 bits per heavy atom. The van der Waals surface area contributed by atoms with Gasteiger partial charge < -0.3 is 19.2 Å². The van der Waals surface area contributed by atoms with Gasteiger partial charge in [-0.2, -0.15) is 0 Å². The van der Waals surface area contributed by atoms with Crippen molar-refractivity contribution in [2.45, 2.75) is 20.1 Å². The number of hydrogen-bond acceptors (Lipinski definition) is 4. The lowest BCUT2D eigenvalue weighted by Crippen LogP contribution is -2.27. The second kappa shape index (κ2) is 7.11. The molecule has 0 aliphatic rings.